The lowest BCUT2D eigenvalue weighted by molar-refractivity contribution is -0.128. The van der Waals surface area contributed by atoms with Crippen LogP contribution in [0.3, 0.4) is 0 Å². The molecule has 0 atom stereocenters. The largest absolute Gasteiger partial charge is 0.342 e. The second-order valence-electron chi connectivity index (χ2n) is 7.81. The molecule has 0 spiro atoms. The van der Waals surface area contributed by atoms with E-state index in [1.165, 1.54) is 35.0 Å². The Hall–Kier alpha value is -1.67. The molecule has 1 aliphatic heterocycles. The van der Waals surface area contributed by atoms with Gasteiger partial charge in [-0.15, -0.1) is 21.5 Å². The summed E-state index contributed by atoms with van der Waals surface area (Å²) in [7, 11) is 0. The maximum absolute atomic E-state index is 12.7. The summed E-state index contributed by atoms with van der Waals surface area (Å²) in [4.78, 5) is 21.9. The summed E-state index contributed by atoms with van der Waals surface area (Å²) in [5.41, 5.74) is 2.08. The smallest absolute Gasteiger partial charge is 0.233 e. The van der Waals surface area contributed by atoms with Crippen LogP contribution >= 0.6 is 23.1 Å². The molecule has 150 valence electrons. The lowest BCUT2D eigenvalue weighted by Crippen LogP contribution is -2.33. The average molecular weight is 418 g/mol. The predicted octanol–water partition coefficient (Wildman–Crippen LogP) is 4.57. The first kappa shape index (κ1) is 19.6. The minimum absolute atomic E-state index is 0.200. The molecule has 0 radical (unpaired) electrons. The van der Waals surface area contributed by atoms with Crippen molar-refractivity contribution in [1.29, 1.82) is 0 Å². The van der Waals surface area contributed by atoms with Gasteiger partial charge in [-0.05, 0) is 32.3 Å². The van der Waals surface area contributed by atoms with Gasteiger partial charge in [0.1, 0.15) is 10.7 Å². The van der Waals surface area contributed by atoms with Crippen molar-refractivity contribution < 1.29 is 4.79 Å². The summed E-state index contributed by atoms with van der Waals surface area (Å²) >= 11 is 3.19. The third kappa shape index (κ3) is 3.52. The monoisotopic (exact) mass is 417 g/mol. The Morgan fingerprint density at radius 2 is 1.86 bits per heavy atom. The summed E-state index contributed by atoms with van der Waals surface area (Å²) in [6.07, 6.45) is 4.68. The normalized spacial score (nSPS) is 15.7. The first-order valence-corrected chi connectivity index (χ1v) is 11.8. The van der Waals surface area contributed by atoms with E-state index in [-0.39, 0.29) is 11.8 Å². The number of carbonyl (C=O) groups excluding carboxylic acids is 1. The Balaban J connectivity index is 1.67. The highest BCUT2D eigenvalue weighted by molar-refractivity contribution is 7.99. The molecule has 3 aromatic heterocycles. The van der Waals surface area contributed by atoms with Crippen molar-refractivity contribution in [2.24, 2.45) is 0 Å². The molecule has 8 heteroatoms. The molecule has 6 nitrogen and oxygen atoms in total. The molecule has 4 heterocycles. The van der Waals surface area contributed by atoms with Crippen molar-refractivity contribution in [3.05, 3.63) is 16.3 Å². The number of amides is 1. The molecule has 0 bridgehead atoms. The molecule has 0 aliphatic carbocycles. The first-order chi connectivity index (χ1) is 13.5. The molecule has 0 saturated carbocycles. The van der Waals surface area contributed by atoms with Crippen LogP contribution in [0.5, 0.6) is 0 Å². The zero-order valence-electron chi connectivity index (χ0n) is 17.0. The number of thiophene rings is 1. The van der Waals surface area contributed by atoms with Crippen LogP contribution < -0.4 is 0 Å². The standard InChI is InChI=1S/C20H27N5OS2/c1-12(2)17-21-19-16(13(3)14(4)28-19)18-22-23-20(25(17)18)27-11-15(26)24-9-7-5-6-8-10-24/h12H,5-11H2,1-4H3. The van der Waals surface area contributed by atoms with Gasteiger partial charge in [0.05, 0.1) is 11.1 Å². The molecule has 0 N–H and O–H groups in total. The highest BCUT2D eigenvalue weighted by atomic mass is 32.2. The maximum atomic E-state index is 12.7. The van der Waals surface area contributed by atoms with E-state index in [9.17, 15) is 4.79 Å². The van der Waals surface area contributed by atoms with Crippen LogP contribution in [0.4, 0.5) is 0 Å². The van der Waals surface area contributed by atoms with E-state index in [2.05, 4.69) is 42.3 Å². The van der Waals surface area contributed by atoms with Crippen molar-refractivity contribution >= 4 is 44.9 Å². The van der Waals surface area contributed by atoms with Gasteiger partial charge in [0.25, 0.3) is 0 Å². The summed E-state index contributed by atoms with van der Waals surface area (Å²) in [6.45, 7) is 10.3. The quantitative estimate of drug-likeness (QED) is 0.582. The SMILES string of the molecule is Cc1sc2nc(C(C)C)n3c(SCC(=O)N4CCCCCC4)nnc3c2c1C. The predicted molar refractivity (Wildman–Crippen MR) is 116 cm³/mol. The van der Waals surface area contributed by atoms with Crippen molar-refractivity contribution in [3.63, 3.8) is 0 Å². The Kier molecular flexibility index (Phi) is 5.60. The maximum Gasteiger partial charge on any atom is 0.233 e. The first-order valence-electron chi connectivity index (χ1n) is 10.0. The average Bonchev–Trinajstić information content (AvgIpc) is 3.06. The molecule has 28 heavy (non-hydrogen) atoms. The Morgan fingerprint density at radius 3 is 2.54 bits per heavy atom. The van der Waals surface area contributed by atoms with E-state index in [1.54, 1.807) is 11.3 Å². The lowest BCUT2D eigenvalue weighted by atomic mass is 10.2. The van der Waals surface area contributed by atoms with Crippen LogP contribution in [0, 0.1) is 13.8 Å². The molecular weight excluding hydrogens is 390 g/mol. The third-order valence-electron chi connectivity index (χ3n) is 5.47. The molecule has 1 amide bonds. The number of thioether (sulfide) groups is 1. The molecule has 0 aromatic carbocycles. The second-order valence-corrected chi connectivity index (χ2v) is 9.96. The van der Waals surface area contributed by atoms with Gasteiger partial charge >= 0.3 is 0 Å². The van der Waals surface area contributed by atoms with Crippen molar-refractivity contribution in [2.45, 2.75) is 64.5 Å². The van der Waals surface area contributed by atoms with Crippen LogP contribution in [0.25, 0.3) is 15.9 Å². The molecular formula is C20H27N5OS2. The van der Waals surface area contributed by atoms with Gasteiger partial charge in [0.15, 0.2) is 10.8 Å². The van der Waals surface area contributed by atoms with E-state index >= 15 is 0 Å². The number of fused-ring (bicyclic) bond motifs is 3. The van der Waals surface area contributed by atoms with Gasteiger partial charge in [0.2, 0.25) is 5.91 Å². The van der Waals surface area contributed by atoms with Crippen LogP contribution in [-0.4, -0.2) is 49.2 Å². The molecule has 1 saturated heterocycles. The zero-order chi connectivity index (χ0) is 19.8. The third-order valence-corrected chi connectivity index (χ3v) is 7.48. The van der Waals surface area contributed by atoms with E-state index in [1.807, 2.05) is 4.90 Å². The molecule has 1 fully saturated rings. The fourth-order valence-electron chi connectivity index (χ4n) is 3.76. The Morgan fingerprint density at radius 1 is 1.14 bits per heavy atom. The molecule has 3 aromatic rings. The highest BCUT2D eigenvalue weighted by Gasteiger charge is 2.22. The number of rotatable bonds is 4. The van der Waals surface area contributed by atoms with Gasteiger partial charge in [0, 0.05) is 23.9 Å². The number of likely N-dealkylation sites (tertiary alicyclic amines) is 1. The Labute approximate surface area is 173 Å². The minimum Gasteiger partial charge on any atom is -0.342 e. The van der Waals surface area contributed by atoms with Crippen molar-refractivity contribution in [3.8, 4) is 0 Å². The number of nitrogens with zero attached hydrogens (tertiary/aromatic N) is 5. The fourth-order valence-corrected chi connectivity index (χ4v) is 5.64. The van der Waals surface area contributed by atoms with Crippen LogP contribution in [-0.2, 0) is 4.79 Å². The van der Waals surface area contributed by atoms with E-state index in [0.29, 0.717) is 5.75 Å². The number of hydrogen-bond acceptors (Lipinski definition) is 6. The van der Waals surface area contributed by atoms with Gasteiger partial charge < -0.3 is 4.90 Å². The van der Waals surface area contributed by atoms with Gasteiger partial charge in [-0.25, -0.2) is 4.98 Å². The molecule has 1 aliphatic rings. The van der Waals surface area contributed by atoms with Gasteiger partial charge in [-0.2, -0.15) is 0 Å². The Bertz CT molecular complexity index is 1010. The van der Waals surface area contributed by atoms with Gasteiger partial charge in [-0.3, -0.25) is 9.20 Å². The van der Waals surface area contributed by atoms with E-state index < -0.39 is 0 Å². The van der Waals surface area contributed by atoms with Gasteiger partial charge in [-0.1, -0.05) is 38.5 Å². The lowest BCUT2D eigenvalue weighted by Gasteiger charge is -2.19. The number of hydrogen-bond donors (Lipinski definition) is 0. The van der Waals surface area contributed by atoms with E-state index in [0.717, 1.165) is 52.8 Å². The van der Waals surface area contributed by atoms with Crippen LogP contribution in [0.15, 0.2) is 5.16 Å². The molecule has 4 rings (SSSR count). The number of aromatic nitrogens is 4. The van der Waals surface area contributed by atoms with Crippen molar-refractivity contribution in [1.82, 2.24) is 24.5 Å². The summed E-state index contributed by atoms with van der Waals surface area (Å²) in [5, 5.41) is 10.8. The van der Waals surface area contributed by atoms with Crippen LogP contribution in [0.1, 0.15) is 61.7 Å². The topological polar surface area (TPSA) is 63.4 Å². The zero-order valence-corrected chi connectivity index (χ0v) is 18.6. The van der Waals surface area contributed by atoms with Crippen LogP contribution in [0.2, 0.25) is 0 Å². The number of carbonyl (C=O) groups is 1. The summed E-state index contributed by atoms with van der Waals surface area (Å²) in [5.74, 6) is 1.80. The summed E-state index contributed by atoms with van der Waals surface area (Å²) < 4.78 is 2.06. The second kappa shape index (κ2) is 7.99. The minimum atomic E-state index is 0.200. The van der Waals surface area contributed by atoms with E-state index in [4.69, 9.17) is 4.98 Å². The fraction of sp³-hybridized carbons (Fsp3) is 0.600. The highest BCUT2D eigenvalue weighted by Crippen LogP contribution is 2.34. The number of aryl methyl sites for hydroxylation is 2. The molecule has 0 unspecified atom stereocenters. The summed E-state index contributed by atoms with van der Waals surface area (Å²) in [6, 6.07) is 0. The van der Waals surface area contributed by atoms with Crippen molar-refractivity contribution in [2.75, 3.05) is 18.8 Å².